The van der Waals surface area contributed by atoms with Crippen LogP contribution in [-0.2, 0) is 0 Å². The maximum absolute atomic E-state index is 6.14. The minimum absolute atomic E-state index is 0.198. The highest BCUT2D eigenvalue weighted by molar-refractivity contribution is 9.11. The number of rotatable bonds is 2. The number of piperidine rings is 1. The van der Waals surface area contributed by atoms with Gasteiger partial charge in [0, 0.05) is 18.6 Å². The summed E-state index contributed by atoms with van der Waals surface area (Å²) in [4.78, 5) is 7.93. The van der Waals surface area contributed by atoms with Crippen molar-refractivity contribution >= 4 is 33.2 Å². The van der Waals surface area contributed by atoms with Gasteiger partial charge in [0.2, 0.25) is 5.95 Å². The van der Waals surface area contributed by atoms with E-state index in [4.69, 9.17) is 5.73 Å². The molecule has 0 aliphatic carbocycles. The van der Waals surface area contributed by atoms with Crippen LogP contribution in [0.2, 0.25) is 0 Å². The first-order valence-electron chi connectivity index (χ1n) is 6.77. The predicted molar refractivity (Wildman–Crippen MR) is 86.2 cm³/mol. The zero-order valence-corrected chi connectivity index (χ0v) is 14.0. The maximum Gasteiger partial charge on any atom is 0.245 e. The van der Waals surface area contributed by atoms with Gasteiger partial charge in [-0.25, -0.2) is 0 Å². The average Bonchev–Trinajstić information content (AvgIpc) is 3.01. The monoisotopic (exact) mass is 355 g/mol. The summed E-state index contributed by atoms with van der Waals surface area (Å²) in [5.74, 6) is 1.58. The van der Waals surface area contributed by atoms with Gasteiger partial charge in [0.15, 0.2) is 5.82 Å². The predicted octanol–water partition coefficient (Wildman–Crippen LogP) is 2.92. The highest BCUT2D eigenvalue weighted by Gasteiger charge is 2.28. The lowest BCUT2D eigenvalue weighted by molar-refractivity contribution is 0.416. The number of nitrogens with one attached hydrogen (secondary N) is 1. The first kappa shape index (κ1) is 14.0. The number of nitrogens with two attached hydrogens (primary N) is 1. The number of halogens is 1. The van der Waals surface area contributed by atoms with E-state index >= 15 is 0 Å². The third-order valence-corrected chi connectivity index (χ3v) is 6.01. The van der Waals surface area contributed by atoms with E-state index in [1.165, 1.54) is 5.56 Å². The van der Waals surface area contributed by atoms with Crippen LogP contribution >= 0.6 is 27.3 Å². The van der Waals surface area contributed by atoms with Gasteiger partial charge in [-0.05, 0) is 54.2 Å². The van der Waals surface area contributed by atoms with Crippen LogP contribution in [0.5, 0.6) is 0 Å². The fraction of sp³-hybridized carbons (Fsp3) is 0.538. The van der Waals surface area contributed by atoms with Gasteiger partial charge in [0.05, 0.1) is 8.66 Å². The lowest BCUT2D eigenvalue weighted by atomic mass is 9.99. The molecule has 0 saturated carbocycles. The summed E-state index contributed by atoms with van der Waals surface area (Å²) >= 11 is 5.21. The molecular formula is C13H18BrN5S. The molecule has 0 spiro atoms. The molecule has 0 amide bonds. The molecule has 3 rings (SSSR count). The van der Waals surface area contributed by atoms with E-state index in [0.29, 0.717) is 0 Å². The Labute approximate surface area is 130 Å². The van der Waals surface area contributed by atoms with Crippen molar-refractivity contribution in [3.63, 3.8) is 0 Å². The normalized spacial score (nSPS) is 23.3. The summed E-state index contributed by atoms with van der Waals surface area (Å²) in [6.45, 7) is 5.19. The van der Waals surface area contributed by atoms with Crippen molar-refractivity contribution in [2.45, 2.75) is 38.8 Å². The Hall–Kier alpha value is -0.920. The van der Waals surface area contributed by atoms with Gasteiger partial charge in [-0.15, -0.1) is 16.4 Å². The average molecular weight is 356 g/mol. The molecule has 1 fully saturated rings. The number of nitrogens with zero attached hydrogens (tertiary/aromatic N) is 3. The largest absolute Gasteiger partial charge is 0.335 e. The van der Waals surface area contributed by atoms with E-state index in [9.17, 15) is 0 Å². The molecule has 3 heterocycles. The molecule has 0 aromatic carbocycles. The van der Waals surface area contributed by atoms with E-state index in [1.54, 1.807) is 11.3 Å². The van der Waals surface area contributed by atoms with Crippen molar-refractivity contribution < 1.29 is 0 Å². The Morgan fingerprint density at radius 3 is 3.05 bits per heavy atom. The second-order valence-electron chi connectivity index (χ2n) is 5.29. The van der Waals surface area contributed by atoms with Crippen LogP contribution in [0.3, 0.4) is 0 Å². The van der Waals surface area contributed by atoms with Crippen LogP contribution in [-0.4, -0.2) is 33.8 Å². The smallest absolute Gasteiger partial charge is 0.245 e. The minimum atomic E-state index is 0.198. The Bertz CT molecular complexity index is 588. The summed E-state index contributed by atoms with van der Waals surface area (Å²) in [6, 6.07) is 2.60. The molecule has 20 heavy (non-hydrogen) atoms. The topological polar surface area (TPSA) is 70.8 Å². The van der Waals surface area contributed by atoms with Crippen molar-refractivity contribution in [3.05, 3.63) is 15.4 Å². The lowest BCUT2D eigenvalue weighted by Crippen LogP contribution is -2.50. The number of aromatic amines is 1. The van der Waals surface area contributed by atoms with E-state index < -0.39 is 0 Å². The van der Waals surface area contributed by atoms with Crippen LogP contribution < -0.4 is 10.6 Å². The zero-order chi connectivity index (χ0) is 14.3. The summed E-state index contributed by atoms with van der Waals surface area (Å²) in [7, 11) is 0. The Morgan fingerprint density at radius 1 is 1.55 bits per heavy atom. The SMILES string of the molecule is Cc1cc(-c2nc(N3CCCC(N)C3C)n[nH]2)sc1Br. The van der Waals surface area contributed by atoms with E-state index in [0.717, 1.165) is 39.8 Å². The van der Waals surface area contributed by atoms with E-state index in [1.807, 2.05) is 0 Å². The van der Waals surface area contributed by atoms with Gasteiger partial charge in [-0.2, -0.15) is 4.98 Å². The van der Waals surface area contributed by atoms with Crippen molar-refractivity contribution in [1.29, 1.82) is 0 Å². The van der Waals surface area contributed by atoms with Crippen LogP contribution in [0.4, 0.5) is 5.95 Å². The Kier molecular flexibility index (Phi) is 3.83. The number of aryl methyl sites for hydroxylation is 1. The molecule has 5 nitrogen and oxygen atoms in total. The van der Waals surface area contributed by atoms with Crippen LogP contribution in [0.15, 0.2) is 9.85 Å². The second-order valence-corrected chi connectivity index (χ2v) is 7.66. The molecule has 3 N–H and O–H groups in total. The third kappa shape index (κ3) is 2.49. The fourth-order valence-electron chi connectivity index (χ4n) is 2.52. The van der Waals surface area contributed by atoms with Gasteiger partial charge < -0.3 is 10.6 Å². The fourth-order valence-corrected chi connectivity index (χ4v) is 4.00. The van der Waals surface area contributed by atoms with E-state index in [2.05, 4.69) is 55.9 Å². The first-order chi connectivity index (χ1) is 9.56. The van der Waals surface area contributed by atoms with Crippen LogP contribution in [0.1, 0.15) is 25.3 Å². The van der Waals surface area contributed by atoms with E-state index in [-0.39, 0.29) is 12.1 Å². The number of aromatic nitrogens is 3. The molecule has 2 aromatic heterocycles. The Morgan fingerprint density at radius 2 is 2.35 bits per heavy atom. The molecule has 2 aromatic rings. The standard InChI is InChI=1S/C13H18BrN5S/c1-7-6-10(20-11(7)14)12-16-13(18-17-12)19-5-3-4-9(15)8(19)2/h6,8-9H,3-5,15H2,1-2H3,(H,16,17,18). The lowest BCUT2D eigenvalue weighted by Gasteiger charge is -2.36. The van der Waals surface area contributed by atoms with Crippen molar-refractivity contribution in [2.75, 3.05) is 11.4 Å². The second kappa shape index (κ2) is 5.46. The Balaban J connectivity index is 1.86. The number of thiophene rings is 1. The van der Waals surface area contributed by atoms with Gasteiger partial charge in [-0.1, -0.05) is 0 Å². The molecule has 1 aliphatic rings. The molecule has 1 saturated heterocycles. The first-order valence-corrected chi connectivity index (χ1v) is 8.38. The summed E-state index contributed by atoms with van der Waals surface area (Å²) < 4.78 is 1.14. The molecule has 0 radical (unpaired) electrons. The molecule has 0 bridgehead atoms. The van der Waals surface area contributed by atoms with Crippen molar-refractivity contribution in [2.24, 2.45) is 5.73 Å². The maximum atomic E-state index is 6.14. The minimum Gasteiger partial charge on any atom is -0.335 e. The third-order valence-electron chi connectivity index (χ3n) is 3.87. The van der Waals surface area contributed by atoms with Gasteiger partial charge in [-0.3, -0.25) is 5.10 Å². The summed E-state index contributed by atoms with van der Waals surface area (Å²) in [5.41, 5.74) is 7.35. The number of H-pyrrole nitrogens is 1. The number of hydrogen-bond donors (Lipinski definition) is 2. The highest BCUT2D eigenvalue weighted by atomic mass is 79.9. The molecule has 2 atom stereocenters. The van der Waals surface area contributed by atoms with Crippen LogP contribution in [0.25, 0.3) is 10.7 Å². The number of hydrogen-bond acceptors (Lipinski definition) is 5. The van der Waals surface area contributed by atoms with Gasteiger partial charge >= 0.3 is 0 Å². The summed E-state index contributed by atoms with van der Waals surface area (Å²) in [6.07, 6.45) is 2.17. The van der Waals surface area contributed by atoms with Gasteiger partial charge in [0.1, 0.15) is 0 Å². The van der Waals surface area contributed by atoms with Crippen molar-refractivity contribution in [3.8, 4) is 10.7 Å². The molecular weight excluding hydrogens is 338 g/mol. The number of anilines is 1. The van der Waals surface area contributed by atoms with Crippen LogP contribution in [0, 0.1) is 6.92 Å². The molecule has 108 valence electrons. The summed E-state index contributed by atoms with van der Waals surface area (Å²) in [5, 5.41) is 7.41. The van der Waals surface area contributed by atoms with Crippen molar-refractivity contribution in [1.82, 2.24) is 15.2 Å². The molecule has 1 aliphatic heterocycles. The highest BCUT2D eigenvalue weighted by Crippen LogP contribution is 2.33. The molecule has 7 heteroatoms. The quantitative estimate of drug-likeness (QED) is 0.868. The molecule has 2 unspecified atom stereocenters. The zero-order valence-electron chi connectivity index (χ0n) is 11.6. The van der Waals surface area contributed by atoms with Gasteiger partial charge in [0.25, 0.3) is 0 Å².